The first-order valence-corrected chi connectivity index (χ1v) is 6.93. The van der Waals surface area contributed by atoms with Gasteiger partial charge in [-0.15, -0.1) is 0 Å². The van der Waals surface area contributed by atoms with Crippen LogP contribution in [0.1, 0.15) is 63.0 Å². The Labute approximate surface area is 100 Å². The lowest BCUT2D eigenvalue weighted by Crippen LogP contribution is -2.13. The van der Waals surface area contributed by atoms with E-state index in [9.17, 15) is 0 Å². The van der Waals surface area contributed by atoms with E-state index >= 15 is 0 Å². The van der Waals surface area contributed by atoms with Gasteiger partial charge >= 0.3 is 0 Å². The number of benzene rings is 1. The zero-order chi connectivity index (χ0) is 11.4. The Morgan fingerprint density at radius 2 is 1.69 bits per heavy atom. The molecule has 1 fully saturated rings. The van der Waals surface area contributed by atoms with Crippen molar-refractivity contribution in [2.24, 2.45) is 5.92 Å². The van der Waals surface area contributed by atoms with Gasteiger partial charge in [0, 0.05) is 0 Å². The maximum absolute atomic E-state index is 2.36. The van der Waals surface area contributed by atoms with E-state index < -0.39 is 0 Å². The van der Waals surface area contributed by atoms with Crippen molar-refractivity contribution >= 4 is 0 Å². The van der Waals surface area contributed by atoms with Gasteiger partial charge in [0.1, 0.15) is 0 Å². The minimum absolute atomic E-state index is 0.846. The molecule has 0 bridgehead atoms. The molecule has 1 saturated carbocycles. The van der Waals surface area contributed by atoms with Crippen molar-refractivity contribution in [3.8, 4) is 0 Å². The maximum Gasteiger partial charge on any atom is -0.0159 e. The van der Waals surface area contributed by atoms with Crippen LogP contribution < -0.4 is 0 Å². The van der Waals surface area contributed by atoms with Gasteiger partial charge in [0.25, 0.3) is 0 Å². The third kappa shape index (κ3) is 2.48. The molecule has 0 spiro atoms. The highest BCUT2D eigenvalue weighted by atomic mass is 14.3. The maximum atomic E-state index is 2.36. The SMILES string of the molecule is CCc1ccccc1C1CCC(CC)CC1. The molecule has 1 aliphatic rings. The first-order chi connectivity index (χ1) is 7.85. The van der Waals surface area contributed by atoms with Gasteiger partial charge in [-0.3, -0.25) is 0 Å². The van der Waals surface area contributed by atoms with Crippen LogP contribution in [0.15, 0.2) is 24.3 Å². The van der Waals surface area contributed by atoms with Crippen molar-refractivity contribution in [2.45, 2.75) is 58.3 Å². The molecule has 0 saturated heterocycles. The van der Waals surface area contributed by atoms with Gasteiger partial charge in [0.15, 0.2) is 0 Å². The summed E-state index contributed by atoms with van der Waals surface area (Å²) in [7, 11) is 0. The molecule has 0 N–H and O–H groups in total. The number of aryl methyl sites for hydroxylation is 1. The molecule has 88 valence electrons. The second kappa shape index (κ2) is 5.52. The van der Waals surface area contributed by atoms with Gasteiger partial charge in [-0.05, 0) is 55.1 Å². The smallest absolute Gasteiger partial charge is 0.0159 e. The predicted octanol–water partition coefficient (Wildman–Crippen LogP) is 4.93. The van der Waals surface area contributed by atoms with E-state index in [1.165, 1.54) is 38.5 Å². The fourth-order valence-electron chi connectivity index (χ4n) is 3.14. The van der Waals surface area contributed by atoms with Crippen molar-refractivity contribution in [3.05, 3.63) is 35.4 Å². The second-order valence-electron chi connectivity index (χ2n) is 5.18. The highest BCUT2D eigenvalue weighted by Gasteiger charge is 2.22. The molecule has 0 amide bonds. The van der Waals surface area contributed by atoms with Gasteiger partial charge in [-0.1, -0.05) is 44.5 Å². The van der Waals surface area contributed by atoms with Gasteiger partial charge in [0.2, 0.25) is 0 Å². The lowest BCUT2D eigenvalue weighted by atomic mass is 9.76. The number of rotatable bonds is 3. The molecule has 1 aromatic rings. The fraction of sp³-hybridized carbons (Fsp3) is 0.625. The fourth-order valence-corrected chi connectivity index (χ4v) is 3.14. The minimum Gasteiger partial charge on any atom is -0.0651 e. The summed E-state index contributed by atoms with van der Waals surface area (Å²) < 4.78 is 0. The van der Waals surface area contributed by atoms with Crippen LogP contribution >= 0.6 is 0 Å². The molecular weight excluding hydrogens is 192 g/mol. The van der Waals surface area contributed by atoms with Crippen LogP contribution in [-0.4, -0.2) is 0 Å². The zero-order valence-electron chi connectivity index (χ0n) is 10.7. The Hall–Kier alpha value is -0.780. The lowest BCUT2D eigenvalue weighted by molar-refractivity contribution is 0.318. The van der Waals surface area contributed by atoms with Crippen molar-refractivity contribution in [1.29, 1.82) is 0 Å². The summed E-state index contributed by atoms with van der Waals surface area (Å²) in [6, 6.07) is 9.05. The molecule has 0 unspecified atom stereocenters. The van der Waals surface area contributed by atoms with Crippen LogP contribution in [-0.2, 0) is 6.42 Å². The van der Waals surface area contributed by atoms with Gasteiger partial charge in [-0.2, -0.15) is 0 Å². The van der Waals surface area contributed by atoms with Crippen molar-refractivity contribution in [1.82, 2.24) is 0 Å². The Morgan fingerprint density at radius 3 is 2.31 bits per heavy atom. The van der Waals surface area contributed by atoms with E-state index in [4.69, 9.17) is 0 Å². The molecule has 2 rings (SSSR count). The third-order valence-electron chi connectivity index (χ3n) is 4.30. The monoisotopic (exact) mass is 216 g/mol. The van der Waals surface area contributed by atoms with Crippen molar-refractivity contribution in [2.75, 3.05) is 0 Å². The Bertz CT molecular complexity index is 319. The zero-order valence-corrected chi connectivity index (χ0v) is 10.7. The van der Waals surface area contributed by atoms with E-state index in [0.29, 0.717) is 0 Å². The van der Waals surface area contributed by atoms with Crippen molar-refractivity contribution in [3.63, 3.8) is 0 Å². The van der Waals surface area contributed by atoms with Crippen LogP contribution in [0.2, 0.25) is 0 Å². The van der Waals surface area contributed by atoms with Crippen molar-refractivity contribution < 1.29 is 0 Å². The highest BCUT2D eigenvalue weighted by Crippen LogP contribution is 2.38. The Morgan fingerprint density at radius 1 is 1.00 bits per heavy atom. The summed E-state index contributed by atoms with van der Waals surface area (Å²) in [5.41, 5.74) is 3.21. The molecule has 16 heavy (non-hydrogen) atoms. The van der Waals surface area contributed by atoms with Crippen LogP contribution in [0, 0.1) is 5.92 Å². The quantitative estimate of drug-likeness (QED) is 0.672. The van der Waals surface area contributed by atoms with Gasteiger partial charge in [0.05, 0.1) is 0 Å². The molecule has 0 aliphatic heterocycles. The van der Waals surface area contributed by atoms with E-state index in [-0.39, 0.29) is 0 Å². The number of hydrogen-bond donors (Lipinski definition) is 0. The Kier molecular flexibility index (Phi) is 4.04. The summed E-state index contributed by atoms with van der Waals surface area (Å²) in [4.78, 5) is 0. The molecule has 1 aromatic carbocycles. The summed E-state index contributed by atoms with van der Waals surface area (Å²) in [5, 5.41) is 0. The Balaban J connectivity index is 2.07. The summed E-state index contributed by atoms with van der Waals surface area (Å²) >= 11 is 0. The molecule has 0 heteroatoms. The van der Waals surface area contributed by atoms with Crippen LogP contribution in [0.5, 0.6) is 0 Å². The number of hydrogen-bond acceptors (Lipinski definition) is 0. The third-order valence-corrected chi connectivity index (χ3v) is 4.30. The average molecular weight is 216 g/mol. The summed E-state index contributed by atoms with van der Waals surface area (Å²) in [6.07, 6.45) is 8.27. The molecule has 1 aliphatic carbocycles. The standard InChI is InChI=1S/C16H24/c1-3-13-9-11-15(12-10-13)16-8-6-5-7-14(16)4-2/h5-8,13,15H,3-4,9-12H2,1-2H3. The molecule has 0 heterocycles. The van der Waals surface area contributed by atoms with Gasteiger partial charge < -0.3 is 0 Å². The topological polar surface area (TPSA) is 0 Å². The molecular formula is C16H24. The van der Waals surface area contributed by atoms with Gasteiger partial charge in [-0.25, -0.2) is 0 Å². The van der Waals surface area contributed by atoms with E-state index in [1.807, 2.05) is 0 Å². The van der Waals surface area contributed by atoms with Crippen LogP contribution in [0.4, 0.5) is 0 Å². The molecule has 0 atom stereocenters. The summed E-state index contributed by atoms with van der Waals surface area (Å²) in [5.74, 6) is 1.85. The first-order valence-electron chi connectivity index (χ1n) is 6.93. The highest BCUT2D eigenvalue weighted by molar-refractivity contribution is 5.30. The van der Waals surface area contributed by atoms with Crippen LogP contribution in [0.25, 0.3) is 0 Å². The molecule has 0 aromatic heterocycles. The van der Waals surface area contributed by atoms with E-state index in [2.05, 4.69) is 38.1 Å². The average Bonchev–Trinajstić information content (AvgIpc) is 2.39. The van der Waals surface area contributed by atoms with E-state index in [0.717, 1.165) is 11.8 Å². The predicted molar refractivity (Wildman–Crippen MR) is 70.8 cm³/mol. The summed E-state index contributed by atoms with van der Waals surface area (Å²) in [6.45, 7) is 4.61. The van der Waals surface area contributed by atoms with E-state index in [1.54, 1.807) is 11.1 Å². The largest absolute Gasteiger partial charge is 0.0651 e. The minimum atomic E-state index is 0.846. The normalized spacial score (nSPS) is 25.6. The second-order valence-corrected chi connectivity index (χ2v) is 5.18. The molecule has 0 radical (unpaired) electrons. The van der Waals surface area contributed by atoms with Crippen LogP contribution in [0.3, 0.4) is 0 Å². The first kappa shape index (κ1) is 11.7. The lowest BCUT2D eigenvalue weighted by Gasteiger charge is -2.29. The molecule has 0 nitrogen and oxygen atoms in total.